The van der Waals surface area contributed by atoms with Gasteiger partial charge in [0.25, 0.3) is 0 Å². The minimum atomic E-state index is -0.475. The van der Waals surface area contributed by atoms with Gasteiger partial charge in [0.2, 0.25) is 0 Å². The average Bonchev–Trinajstić information content (AvgIpc) is 3.17. The van der Waals surface area contributed by atoms with Crippen molar-refractivity contribution in [1.82, 2.24) is 14.9 Å². The smallest absolute Gasteiger partial charge is 0.340 e. The second-order valence-corrected chi connectivity index (χ2v) is 7.65. The number of aromatic nitrogens is 2. The van der Waals surface area contributed by atoms with Gasteiger partial charge in [-0.1, -0.05) is 36.4 Å². The van der Waals surface area contributed by atoms with Gasteiger partial charge in [-0.25, -0.2) is 9.59 Å². The third-order valence-corrected chi connectivity index (χ3v) is 5.53. The lowest BCUT2D eigenvalue weighted by molar-refractivity contribution is 0.0527. The van der Waals surface area contributed by atoms with E-state index in [-0.39, 0.29) is 12.5 Å². The first kappa shape index (κ1) is 22.1. The summed E-state index contributed by atoms with van der Waals surface area (Å²) in [7, 11) is 2.01. The number of nitrogens with zero attached hydrogens (tertiary/aromatic N) is 2. The molecule has 2 N–H and O–H groups in total. The summed E-state index contributed by atoms with van der Waals surface area (Å²) in [5.74, 6) is -0.576. The topological polar surface area (TPSA) is 85.2 Å². The van der Waals surface area contributed by atoms with E-state index in [1.54, 1.807) is 37.4 Å². The summed E-state index contributed by atoms with van der Waals surface area (Å²) in [5.41, 5.74) is 3.94. The standard InChI is InChI=1S/C26H26N4O3/c1-3-33-25(31)20-11-4-6-12-23(20)29-26(32)28-16-21(18-9-8-14-27-15-18)22-17-30(2)24-13-7-5-10-19(22)24/h4-15,17,21H,3,16H2,1-2H3,(H2,28,29,32)/t21-/m1/s1. The highest BCUT2D eigenvalue weighted by Crippen LogP contribution is 2.31. The van der Waals surface area contributed by atoms with Gasteiger partial charge in [0.05, 0.1) is 17.9 Å². The summed E-state index contributed by atoms with van der Waals surface area (Å²) in [6.07, 6.45) is 5.65. The van der Waals surface area contributed by atoms with Crippen LogP contribution in [0.2, 0.25) is 0 Å². The van der Waals surface area contributed by atoms with Crippen molar-refractivity contribution >= 4 is 28.6 Å². The molecule has 0 radical (unpaired) electrons. The molecule has 0 unspecified atom stereocenters. The second-order valence-electron chi connectivity index (χ2n) is 7.65. The van der Waals surface area contributed by atoms with E-state index in [9.17, 15) is 9.59 Å². The number of ether oxygens (including phenoxy) is 1. The number of hydrogen-bond acceptors (Lipinski definition) is 4. The Labute approximate surface area is 192 Å². The van der Waals surface area contributed by atoms with E-state index >= 15 is 0 Å². The highest BCUT2D eigenvalue weighted by atomic mass is 16.5. The van der Waals surface area contributed by atoms with Crippen LogP contribution in [0.25, 0.3) is 10.9 Å². The van der Waals surface area contributed by atoms with E-state index in [0.29, 0.717) is 17.8 Å². The maximum absolute atomic E-state index is 12.8. The van der Waals surface area contributed by atoms with Gasteiger partial charge in [0.15, 0.2) is 0 Å². The van der Waals surface area contributed by atoms with Crippen LogP contribution in [0.5, 0.6) is 0 Å². The molecule has 0 aliphatic carbocycles. The van der Waals surface area contributed by atoms with Crippen LogP contribution in [0.3, 0.4) is 0 Å². The number of aryl methyl sites for hydroxylation is 1. The van der Waals surface area contributed by atoms with Crippen molar-refractivity contribution in [2.45, 2.75) is 12.8 Å². The molecule has 2 aromatic heterocycles. The molecule has 2 amide bonds. The van der Waals surface area contributed by atoms with Crippen LogP contribution in [-0.2, 0) is 11.8 Å². The first-order valence-corrected chi connectivity index (χ1v) is 10.8. The quantitative estimate of drug-likeness (QED) is 0.406. The molecule has 0 bridgehead atoms. The van der Waals surface area contributed by atoms with Crippen molar-refractivity contribution in [3.05, 3.63) is 95.9 Å². The number of para-hydroxylation sites is 2. The lowest BCUT2D eigenvalue weighted by Gasteiger charge is -2.18. The minimum absolute atomic E-state index is 0.101. The van der Waals surface area contributed by atoms with Gasteiger partial charge in [-0.3, -0.25) is 4.98 Å². The normalized spacial score (nSPS) is 11.7. The SMILES string of the molecule is CCOC(=O)c1ccccc1NC(=O)NC[C@H](c1cccnc1)c1cn(C)c2ccccc12. The van der Waals surface area contributed by atoms with Crippen molar-refractivity contribution in [3.63, 3.8) is 0 Å². The van der Waals surface area contributed by atoms with Crippen molar-refractivity contribution < 1.29 is 14.3 Å². The van der Waals surface area contributed by atoms with E-state index in [0.717, 1.165) is 22.0 Å². The molecular formula is C26H26N4O3. The minimum Gasteiger partial charge on any atom is -0.462 e. The first-order chi connectivity index (χ1) is 16.1. The Kier molecular flexibility index (Phi) is 6.69. The van der Waals surface area contributed by atoms with E-state index in [4.69, 9.17) is 4.74 Å². The highest BCUT2D eigenvalue weighted by molar-refractivity contribution is 6.00. The van der Waals surface area contributed by atoms with Gasteiger partial charge in [0.1, 0.15) is 0 Å². The molecule has 0 fully saturated rings. The number of amides is 2. The predicted molar refractivity (Wildman–Crippen MR) is 128 cm³/mol. The molecule has 1 atom stereocenters. The molecular weight excluding hydrogens is 416 g/mol. The number of nitrogens with one attached hydrogen (secondary N) is 2. The summed E-state index contributed by atoms with van der Waals surface area (Å²) in [4.78, 5) is 29.3. The van der Waals surface area contributed by atoms with Crippen molar-refractivity contribution in [3.8, 4) is 0 Å². The summed E-state index contributed by atoms with van der Waals surface area (Å²) < 4.78 is 7.17. The Balaban J connectivity index is 1.57. The molecule has 2 aromatic carbocycles. The number of hydrogen-bond donors (Lipinski definition) is 2. The lowest BCUT2D eigenvalue weighted by Crippen LogP contribution is -2.33. The van der Waals surface area contributed by atoms with Crippen LogP contribution in [0, 0.1) is 0 Å². The molecule has 7 heteroatoms. The summed E-state index contributed by atoms with van der Waals surface area (Å²) in [6, 6.07) is 18.5. The Hall–Kier alpha value is -4.13. The monoisotopic (exact) mass is 442 g/mol. The van der Waals surface area contributed by atoms with Crippen LogP contribution in [0.4, 0.5) is 10.5 Å². The second kappa shape index (κ2) is 9.99. The zero-order valence-corrected chi connectivity index (χ0v) is 18.6. The van der Waals surface area contributed by atoms with Gasteiger partial charge in [0, 0.05) is 49.0 Å². The Morgan fingerprint density at radius 3 is 2.64 bits per heavy atom. The number of pyridine rings is 1. The van der Waals surface area contributed by atoms with Gasteiger partial charge in [-0.2, -0.15) is 0 Å². The van der Waals surface area contributed by atoms with E-state index in [1.165, 1.54) is 0 Å². The average molecular weight is 443 g/mol. The van der Waals surface area contributed by atoms with Gasteiger partial charge < -0.3 is 19.9 Å². The number of rotatable bonds is 7. The van der Waals surface area contributed by atoms with E-state index < -0.39 is 12.0 Å². The molecule has 0 saturated carbocycles. The number of carbonyl (C=O) groups is 2. The van der Waals surface area contributed by atoms with E-state index in [2.05, 4.69) is 38.5 Å². The fourth-order valence-electron chi connectivity index (χ4n) is 3.98. The third kappa shape index (κ3) is 4.87. The number of urea groups is 1. The summed E-state index contributed by atoms with van der Waals surface area (Å²) in [5, 5.41) is 6.87. The Morgan fingerprint density at radius 2 is 1.85 bits per heavy atom. The molecule has 0 aliphatic rings. The summed E-state index contributed by atoms with van der Waals surface area (Å²) >= 11 is 0. The summed E-state index contributed by atoms with van der Waals surface area (Å²) in [6.45, 7) is 2.36. The van der Waals surface area contributed by atoms with Gasteiger partial charge in [-0.05, 0) is 42.3 Å². The molecule has 0 spiro atoms. The molecule has 0 aliphatic heterocycles. The van der Waals surface area contributed by atoms with Crippen LogP contribution in [0.15, 0.2) is 79.3 Å². The molecule has 33 heavy (non-hydrogen) atoms. The zero-order valence-electron chi connectivity index (χ0n) is 18.6. The fraction of sp³-hybridized carbons (Fsp3) is 0.192. The number of fused-ring (bicyclic) bond motifs is 1. The highest BCUT2D eigenvalue weighted by Gasteiger charge is 2.21. The number of benzene rings is 2. The maximum atomic E-state index is 12.8. The molecule has 168 valence electrons. The Morgan fingerprint density at radius 1 is 1.06 bits per heavy atom. The molecule has 7 nitrogen and oxygen atoms in total. The fourth-order valence-corrected chi connectivity index (χ4v) is 3.98. The van der Waals surface area contributed by atoms with Gasteiger partial charge >= 0.3 is 12.0 Å². The molecule has 4 rings (SSSR count). The molecule has 0 saturated heterocycles. The molecule has 2 heterocycles. The Bertz CT molecular complexity index is 1270. The number of anilines is 1. The van der Waals surface area contributed by atoms with Crippen LogP contribution >= 0.6 is 0 Å². The van der Waals surface area contributed by atoms with Crippen molar-refractivity contribution in [2.75, 3.05) is 18.5 Å². The number of carbonyl (C=O) groups excluding carboxylic acids is 2. The van der Waals surface area contributed by atoms with Crippen LogP contribution in [-0.4, -0.2) is 34.7 Å². The third-order valence-electron chi connectivity index (χ3n) is 5.53. The number of esters is 1. The molecule has 4 aromatic rings. The zero-order chi connectivity index (χ0) is 23.2. The van der Waals surface area contributed by atoms with Crippen LogP contribution in [0.1, 0.15) is 34.3 Å². The van der Waals surface area contributed by atoms with E-state index in [1.807, 2.05) is 37.5 Å². The van der Waals surface area contributed by atoms with Gasteiger partial charge in [-0.15, -0.1) is 0 Å². The first-order valence-electron chi connectivity index (χ1n) is 10.8. The van der Waals surface area contributed by atoms with Crippen LogP contribution < -0.4 is 10.6 Å². The maximum Gasteiger partial charge on any atom is 0.340 e. The predicted octanol–water partition coefficient (Wildman–Crippen LogP) is 4.70. The van der Waals surface area contributed by atoms with Crippen molar-refractivity contribution in [1.29, 1.82) is 0 Å². The largest absolute Gasteiger partial charge is 0.462 e. The lowest BCUT2D eigenvalue weighted by atomic mass is 9.92. The van der Waals surface area contributed by atoms with Crippen molar-refractivity contribution in [2.24, 2.45) is 7.05 Å².